The van der Waals surface area contributed by atoms with Crippen LogP contribution in [0.5, 0.6) is 0 Å². The first-order chi connectivity index (χ1) is 12.9. The highest BCUT2D eigenvalue weighted by atomic mass is 32.2. The van der Waals surface area contributed by atoms with E-state index < -0.39 is 10.0 Å². The lowest BCUT2D eigenvalue weighted by molar-refractivity contribution is 0.577. The number of rotatable bonds is 5. The van der Waals surface area contributed by atoms with Crippen molar-refractivity contribution in [3.63, 3.8) is 0 Å². The van der Waals surface area contributed by atoms with Gasteiger partial charge in [-0.1, -0.05) is 17.2 Å². The van der Waals surface area contributed by atoms with Crippen LogP contribution in [0.15, 0.2) is 51.8 Å². The fraction of sp³-hybridized carbons (Fsp3) is 0.263. The van der Waals surface area contributed by atoms with E-state index in [4.69, 9.17) is 4.42 Å². The van der Waals surface area contributed by atoms with Gasteiger partial charge in [0.25, 0.3) is 10.0 Å². The standard InChI is InChI=1S/C19H20N4O3S/c1-23(2)16-8-4-7-15(11-16)18-20-21-19(26-18)22-27(24,25)17-10-9-13-5-3-6-14(13)12-17/h4,7-12H,3,5-6H2,1-2H3,(H,21,22). The Morgan fingerprint density at radius 1 is 1.04 bits per heavy atom. The monoisotopic (exact) mass is 384 g/mol. The highest BCUT2D eigenvalue weighted by Gasteiger charge is 2.21. The van der Waals surface area contributed by atoms with Crippen molar-refractivity contribution >= 4 is 21.7 Å². The molecule has 1 aliphatic carbocycles. The van der Waals surface area contributed by atoms with Crippen LogP contribution in [-0.2, 0) is 22.9 Å². The molecule has 1 heterocycles. The predicted molar refractivity (Wildman–Crippen MR) is 103 cm³/mol. The van der Waals surface area contributed by atoms with E-state index in [0.717, 1.165) is 36.1 Å². The van der Waals surface area contributed by atoms with Gasteiger partial charge in [-0.3, -0.25) is 0 Å². The lowest BCUT2D eigenvalue weighted by Gasteiger charge is -2.12. The number of nitrogens with one attached hydrogen (secondary N) is 1. The van der Waals surface area contributed by atoms with Crippen molar-refractivity contribution in [3.05, 3.63) is 53.6 Å². The number of sulfonamides is 1. The molecule has 0 aliphatic heterocycles. The van der Waals surface area contributed by atoms with Crippen LogP contribution in [0.1, 0.15) is 17.5 Å². The van der Waals surface area contributed by atoms with E-state index in [1.165, 1.54) is 5.56 Å². The molecule has 4 rings (SSSR count). The van der Waals surface area contributed by atoms with E-state index in [1.54, 1.807) is 12.1 Å². The fourth-order valence-corrected chi connectivity index (χ4v) is 4.16. The number of benzene rings is 2. The molecule has 0 fully saturated rings. The summed E-state index contributed by atoms with van der Waals surface area (Å²) in [6.45, 7) is 0. The number of aromatic nitrogens is 2. The third kappa shape index (κ3) is 3.52. The molecule has 0 unspecified atom stereocenters. The molecule has 0 saturated carbocycles. The Bertz CT molecular complexity index is 1090. The fourth-order valence-electron chi connectivity index (χ4n) is 3.19. The minimum absolute atomic E-state index is 0.152. The lowest BCUT2D eigenvalue weighted by atomic mass is 10.1. The first-order valence-corrected chi connectivity index (χ1v) is 10.2. The molecule has 7 nitrogen and oxygen atoms in total. The molecule has 1 N–H and O–H groups in total. The van der Waals surface area contributed by atoms with Crippen LogP contribution >= 0.6 is 0 Å². The van der Waals surface area contributed by atoms with Gasteiger partial charge >= 0.3 is 6.01 Å². The molecular weight excluding hydrogens is 364 g/mol. The lowest BCUT2D eigenvalue weighted by Crippen LogP contribution is -2.13. The van der Waals surface area contributed by atoms with Gasteiger partial charge in [-0.15, -0.1) is 5.10 Å². The number of nitrogens with zero attached hydrogens (tertiary/aromatic N) is 3. The summed E-state index contributed by atoms with van der Waals surface area (Å²) in [5, 5.41) is 7.79. The highest BCUT2D eigenvalue weighted by molar-refractivity contribution is 7.92. The third-order valence-corrected chi connectivity index (χ3v) is 5.95. The van der Waals surface area contributed by atoms with E-state index in [2.05, 4.69) is 14.9 Å². The minimum Gasteiger partial charge on any atom is -0.403 e. The molecule has 2 aromatic carbocycles. The van der Waals surface area contributed by atoms with Gasteiger partial charge in [0.2, 0.25) is 5.89 Å². The zero-order valence-electron chi connectivity index (χ0n) is 15.1. The van der Waals surface area contributed by atoms with Gasteiger partial charge in [0.1, 0.15) is 0 Å². The summed E-state index contributed by atoms with van der Waals surface area (Å²) in [6, 6.07) is 12.6. The molecule has 1 aliphatic rings. The summed E-state index contributed by atoms with van der Waals surface area (Å²) in [7, 11) is 0.0874. The van der Waals surface area contributed by atoms with Crippen LogP contribution in [0.25, 0.3) is 11.5 Å². The van der Waals surface area contributed by atoms with Crippen molar-refractivity contribution in [1.82, 2.24) is 10.2 Å². The van der Waals surface area contributed by atoms with Crippen LogP contribution in [-0.4, -0.2) is 32.7 Å². The Kier molecular flexibility index (Phi) is 4.35. The normalized spacial score (nSPS) is 13.4. The number of hydrogen-bond donors (Lipinski definition) is 1. The maximum absolute atomic E-state index is 12.6. The Hall–Kier alpha value is -2.87. The molecule has 3 aromatic rings. The molecule has 1 aromatic heterocycles. The molecule has 0 amide bonds. The van der Waals surface area contributed by atoms with Gasteiger partial charge in [0.15, 0.2) is 0 Å². The van der Waals surface area contributed by atoms with Crippen molar-refractivity contribution in [2.24, 2.45) is 0 Å². The van der Waals surface area contributed by atoms with Crippen LogP contribution < -0.4 is 9.62 Å². The molecule has 0 bridgehead atoms. The summed E-state index contributed by atoms with van der Waals surface area (Å²) in [4.78, 5) is 2.16. The third-order valence-electron chi connectivity index (χ3n) is 4.64. The largest absolute Gasteiger partial charge is 0.403 e. The second-order valence-electron chi connectivity index (χ2n) is 6.75. The average molecular weight is 384 g/mol. The van der Waals surface area contributed by atoms with E-state index in [-0.39, 0.29) is 16.8 Å². The summed E-state index contributed by atoms with van der Waals surface area (Å²) in [6.07, 6.45) is 2.97. The van der Waals surface area contributed by atoms with Crippen LogP contribution in [0.2, 0.25) is 0 Å². The van der Waals surface area contributed by atoms with Gasteiger partial charge in [-0.05, 0) is 60.7 Å². The topological polar surface area (TPSA) is 88.3 Å². The zero-order chi connectivity index (χ0) is 19.0. The van der Waals surface area contributed by atoms with Crippen molar-refractivity contribution < 1.29 is 12.8 Å². The van der Waals surface area contributed by atoms with Crippen LogP contribution in [0.3, 0.4) is 0 Å². The smallest absolute Gasteiger partial charge is 0.330 e. The molecule has 0 spiro atoms. The SMILES string of the molecule is CN(C)c1cccc(-c2nnc(NS(=O)(=O)c3ccc4c(c3)CCC4)o2)c1. The summed E-state index contributed by atoms with van der Waals surface area (Å²) < 4.78 is 33.2. The Morgan fingerprint density at radius 3 is 2.67 bits per heavy atom. The molecule has 0 saturated heterocycles. The molecular formula is C19H20N4O3S. The van der Waals surface area contributed by atoms with Gasteiger partial charge in [0.05, 0.1) is 4.90 Å². The summed E-state index contributed by atoms with van der Waals surface area (Å²) in [5.74, 6) is 0.255. The highest BCUT2D eigenvalue weighted by Crippen LogP contribution is 2.27. The zero-order valence-corrected chi connectivity index (χ0v) is 16.0. The predicted octanol–water partition coefficient (Wildman–Crippen LogP) is 3.09. The van der Waals surface area contributed by atoms with Gasteiger partial charge in [0, 0.05) is 25.3 Å². The molecule has 140 valence electrons. The molecule has 0 atom stereocenters. The van der Waals surface area contributed by atoms with Crippen molar-refractivity contribution in [2.75, 3.05) is 23.7 Å². The van der Waals surface area contributed by atoms with E-state index in [9.17, 15) is 8.42 Å². The van der Waals surface area contributed by atoms with E-state index in [0.29, 0.717) is 0 Å². The first kappa shape index (κ1) is 17.5. The second kappa shape index (κ2) is 6.70. The van der Waals surface area contributed by atoms with Gasteiger partial charge in [-0.2, -0.15) is 0 Å². The van der Waals surface area contributed by atoms with Crippen molar-refractivity contribution in [2.45, 2.75) is 24.2 Å². The minimum atomic E-state index is -3.78. The Balaban J connectivity index is 1.58. The van der Waals surface area contributed by atoms with Gasteiger partial charge in [-0.25, -0.2) is 13.1 Å². The molecule has 8 heteroatoms. The number of hydrogen-bond acceptors (Lipinski definition) is 6. The number of anilines is 2. The Labute approximate surface area is 158 Å². The van der Waals surface area contributed by atoms with Crippen LogP contribution in [0.4, 0.5) is 11.7 Å². The number of aryl methyl sites for hydroxylation is 2. The molecule has 27 heavy (non-hydrogen) atoms. The number of fused-ring (bicyclic) bond motifs is 1. The maximum atomic E-state index is 12.6. The quantitative estimate of drug-likeness (QED) is 0.727. The molecule has 0 radical (unpaired) electrons. The van der Waals surface area contributed by atoms with Crippen molar-refractivity contribution in [1.29, 1.82) is 0 Å². The first-order valence-electron chi connectivity index (χ1n) is 8.68. The van der Waals surface area contributed by atoms with Gasteiger partial charge < -0.3 is 9.32 Å². The summed E-state index contributed by atoms with van der Waals surface area (Å²) >= 11 is 0. The van der Waals surface area contributed by atoms with E-state index in [1.807, 2.05) is 49.3 Å². The van der Waals surface area contributed by atoms with Crippen LogP contribution in [0, 0.1) is 0 Å². The Morgan fingerprint density at radius 2 is 1.85 bits per heavy atom. The average Bonchev–Trinajstić information content (AvgIpc) is 3.30. The van der Waals surface area contributed by atoms with E-state index >= 15 is 0 Å². The maximum Gasteiger partial charge on any atom is 0.330 e. The second-order valence-corrected chi connectivity index (χ2v) is 8.43. The summed E-state index contributed by atoms with van der Waals surface area (Å²) in [5.41, 5.74) is 4.00. The van der Waals surface area contributed by atoms with Crippen molar-refractivity contribution in [3.8, 4) is 11.5 Å².